The van der Waals surface area contributed by atoms with Crippen LogP contribution in [0.1, 0.15) is 19.4 Å². The molecule has 0 bridgehead atoms. The minimum Gasteiger partial charge on any atom is -0.284 e. The molecule has 1 aromatic rings. The van der Waals surface area contributed by atoms with Crippen LogP contribution in [0.4, 0.5) is 5.69 Å². The minimum atomic E-state index is -3.87. The summed E-state index contributed by atoms with van der Waals surface area (Å²) >= 11 is 0. The molecule has 0 unspecified atom stereocenters. The van der Waals surface area contributed by atoms with E-state index in [1.54, 1.807) is 20.8 Å². The van der Waals surface area contributed by atoms with E-state index in [0.29, 0.717) is 5.56 Å². The standard InChI is InChI=1S/C11H18N2O4S2/c1-8(2)7-18(14,15)13-10-5-4-9(3)11(6-10)19(12,16)17/h4-6,8,13H,7H2,1-3H3,(H2,12,16,17). The first-order chi connectivity index (χ1) is 8.51. The maximum absolute atomic E-state index is 11.8. The third-order valence-corrected chi connectivity index (χ3v) is 5.03. The third kappa shape index (κ3) is 4.81. The lowest BCUT2D eigenvalue weighted by atomic mass is 10.2. The number of sulfonamides is 2. The largest absolute Gasteiger partial charge is 0.284 e. The van der Waals surface area contributed by atoms with E-state index in [2.05, 4.69) is 4.72 Å². The van der Waals surface area contributed by atoms with E-state index in [1.165, 1.54) is 18.2 Å². The Kier molecular flexibility index (Phi) is 4.59. The lowest BCUT2D eigenvalue weighted by Gasteiger charge is -2.11. The summed E-state index contributed by atoms with van der Waals surface area (Å²) in [4.78, 5) is -0.0859. The van der Waals surface area contributed by atoms with Crippen LogP contribution < -0.4 is 9.86 Å². The molecule has 3 N–H and O–H groups in total. The van der Waals surface area contributed by atoms with Gasteiger partial charge in [-0.1, -0.05) is 19.9 Å². The Hall–Kier alpha value is -1.12. The van der Waals surface area contributed by atoms with Gasteiger partial charge >= 0.3 is 0 Å². The van der Waals surface area contributed by atoms with Crippen LogP contribution in [0.3, 0.4) is 0 Å². The lowest BCUT2D eigenvalue weighted by molar-refractivity contribution is 0.587. The predicted octanol–water partition coefficient (Wildman–Crippen LogP) is 1.04. The van der Waals surface area contributed by atoms with Crippen LogP contribution in [-0.2, 0) is 20.0 Å². The minimum absolute atomic E-state index is 0.0272. The third-order valence-electron chi connectivity index (χ3n) is 2.32. The molecular formula is C11H18N2O4S2. The second-order valence-electron chi connectivity index (χ2n) is 4.80. The van der Waals surface area contributed by atoms with Crippen molar-refractivity contribution < 1.29 is 16.8 Å². The molecule has 0 aliphatic carbocycles. The van der Waals surface area contributed by atoms with Crippen molar-refractivity contribution in [2.45, 2.75) is 25.7 Å². The van der Waals surface area contributed by atoms with Gasteiger partial charge in [0.15, 0.2) is 0 Å². The fourth-order valence-electron chi connectivity index (χ4n) is 1.63. The van der Waals surface area contributed by atoms with Crippen molar-refractivity contribution in [3.8, 4) is 0 Å². The number of hydrogen-bond acceptors (Lipinski definition) is 4. The van der Waals surface area contributed by atoms with Crippen molar-refractivity contribution in [2.75, 3.05) is 10.5 Å². The maximum atomic E-state index is 11.8. The van der Waals surface area contributed by atoms with Crippen LogP contribution in [0.25, 0.3) is 0 Å². The van der Waals surface area contributed by atoms with Gasteiger partial charge in [-0.25, -0.2) is 22.0 Å². The van der Waals surface area contributed by atoms with Gasteiger partial charge in [0, 0.05) is 5.69 Å². The average molecular weight is 306 g/mol. The average Bonchev–Trinajstić information content (AvgIpc) is 2.16. The van der Waals surface area contributed by atoms with E-state index in [4.69, 9.17) is 5.14 Å². The molecule has 0 spiro atoms. The highest BCUT2D eigenvalue weighted by molar-refractivity contribution is 7.92. The van der Waals surface area contributed by atoms with Crippen LogP contribution in [0.5, 0.6) is 0 Å². The number of nitrogens with two attached hydrogens (primary N) is 1. The van der Waals surface area contributed by atoms with E-state index in [-0.39, 0.29) is 22.3 Å². The van der Waals surface area contributed by atoms with Crippen LogP contribution >= 0.6 is 0 Å². The second kappa shape index (κ2) is 5.48. The first kappa shape index (κ1) is 15.9. The summed E-state index contributed by atoms with van der Waals surface area (Å²) in [5, 5.41) is 5.07. The van der Waals surface area contributed by atoms with Gasteiger partial charge in [-0.2, -0.15) is 0 Å². The monoisotopic (exact) mass is 306 g/mol. The summed E-state index contributed by atoms with van der Waals surface area (Å²) in [6, 6.07) is 4.23. The molecule has 0 aromatic heterocycles. The van der Waals surface area contributed by atoms with Gasteiger partial charge in [0.2, 0.25) is 20.0 Å². The fraction of sp³-hybridized carbons (Fsp3) is 0.455. The lowest BCUT2D eigenvalue weighted by Crippen LogP contribution is -2.20. The molecule has 0 radical (unpaired) electrons. The zero-order valence-corrected chi connectivity index (χ0v) is 12.7. The summed E-state index contributed by atoms with van der Waals surface area (Å²) in [5.74, 6) is -0.0633. The van der Waals surface area contributed by atoms with Gasteiger partial charge in [0.1, 0.15) is 0 Å². The maximum Gasteiger partial charge on any atom is 0.238 e. The van der Waals surface area contributed by atoms with Gasteiger partial charge in [0.05, 0.1) is 10.6 Å². The SMILES string of the molecule is Cc1ccc(NS(=O)(=O)CC(C)C)cc1S(N)(=O)=O. The highest BCUT2D eigenvalue weighted by Crippen LogP contribution is 2.20. The number of anilines is 1. The molecule has 0 saturated carbocycles. The molecule has 19 heavy (non-hydrogen) atoms. The first-order valence-electron chi connectivity index (χ1n) is 5.65. The molecule has 0 saturated heterocycles. The van der Waals surface area contributed by atoms with E-state index in [0.717, 1.165) is 0 Å². The normalized spacial score (nSPS) is 12.7. The Bertz CT molecular complexity index is 664. The van der Waals surface area contributed by atoms with Crippen molar-refractivity contribution in [1.82, 2.24) is 0 Å². The molecule has 8 heteroatoms. The van der Waals surface area contributed by atoms with Gasteiger partial charge in [-0.15, -0.1) is 0 Å². The van der Waals surface area contributed by atoms with Crippen LogP contribution in [-0.4, -0.2) is 22.6 Å². The quantitative estimate of drug-likeness (QED) is 0.847. The molecule has 1 aromatic carbocycles. The zero-order valence-electron chi connectivity index (χ0n) is 11.0. The highest BCUT2D eigenvalue weighted by Gasteiger charge is 2.16. The van der Waals surface area contributed by atoms with E-state index in [9.17, 15) is 16.8 Å². The van der Waals surface area contributed by atoms with Gasteiger partial charge in [0.25, 0.3) is 0 Å². The number of rotatable bonds is 5. The van der Waals surface area contributed by atoms with Crippen LogP contribution in [0, 0.1) is 12.8 Å². The first-order valence-corrected chi connectivity index (χ1v) is 8.85. The Balaban J connectivity index is 3.12. The van der Waals surface area contributed by atoms with Gasteiger partial charge < -0.3 is 0 Å². The number of benzene rings is 1. The summed E-state index contributed by atoms with van der Waals surface area (Å²) < 4.78 is 48.6. The number of hydrogen-bond donors (Lipinski definition) is 2. The van der Waals surface area contributed by atoms with Gasteiger partial charge in [-0.05, 0) is 30.5 Å². The number of nitrogens with one attached hydrogen (secondary N) is 1. The summed E-state index contributed by atoms with van der Waals surface area (Å²) in [7, 11) is -7.36. The smallest absolute Gasteiger partial charge is 0.238 e. The predicted molar refractivity (Wildman–Crippen MR) is 74.8 cm³/mol. The molecule has 1 rings (SSSR count). The Morgan fingerprint density at radius 2 is 1.79 bits per heavy atom. The molecule has 6 nitrogen and oxygen atoms in total. The Morgan fingerprint density at radius 3 is 2.26 bits per heavy atom. The van der Waals surface area contributed by atoms with E-state index in [1.807, 2.05) is 0 Å². The van der Waals surface area contributed by atoms with Crippen LogP contribution in [0.2, 0.25) is 0 Å². The van der Waals surface area contributed by atoms with E-state index < -0.39 is 20.0 Å². The van der Waals surface area contributed by atoms with Crippen molar-refractivity contribution in [3.63, 3.8) is 0 Å². The van der Waals surface area contributed by atoms with Gasteiger partial charge in [-0.3, -0.25) is 4.72 Å². The Morgan fingerprint density at radius 1 is 1.21 bits per heavy atom. The van der Waals surface area contributed by atoms with Crippen molar-refractivity contribution >= 4 is 25.7 Å². The summed E-state index contributed by atoms with van der Waals surface area (Å²) in [6.45, 7) is 5.15. The topological polar surface area (TPSA) is 106 Å². The van der Waals surface area contributed by atoms with Crippen LogP contribution in [0.15, 0.2) is 23.1 Å². The molecule has 0 fully saturated rings. The molecular weight excluding hydrogens is 288 g/mol. The zero-order chi connectivity index (χ0) is 14.8. The molecule has 0 heterocycles. The molecule has 108 valence electrons. The summed E-state index contributed by atoms with van der Waals surface area (Å²) in [5.41, 5.74) is 0.657. The second-order valence-corrected chi connectivity index (χ2v) is 8.10. The van der Waals surface area contributed by atoms with Crippen molar-refractivity contribution in [1.29, 1.82) is 0 Å². The van der Waals surface area contributed by atoms with Crippen molar-refractivity contribution in [2.24, 2.45) is 11.1 Å². The highest BCUT2D eigenvalue weighted by atomic mass is 32.2. The molecule has 0 aliphatic rings. The van der Waals surface area contributed by atoms with Crippen molar-refractivity contribution in [3.05, 3.63) is 23.8 Å². The Labute approximate surface area is 114 Å². The van der Waals surface area contributed by atoms with E-state index >= 15 is 0 Å². The number of primary sulfonamides is 1. The molecule has 0 amide bonds. The fourth-order valence-corrected chi connectivity index (χ4v) is 3.89. The summed E-state index contributed by atoms with van der Waals surface area (Å²) in [6.07, 6.45) is 0. The molecule has 0 aliphatic heterocycles. The number of aryl methyl sites for hydroxylation is 1. The molecule has 0 atom stereocenters.